The van der Waals surface area contributed by atoms with Crippen LogP contribution in [-0.4, -0.2) is 65.9 Å². The van der Waals surface area contributed by atoms with Crippen molar-refractivity contribution in [2.24, 2.45) is 0 Å². The van der Waals surface area contributed by atoms with Crippen LogP contribution < -0.4 is 0 Å². The lowest BCUT2D eigenvalue weighted by Gasteiger charge is -2.33. The molecule has 0 atom stereocenters. The zero-order chi connectivity index (χ0) is 16.4. The molecule has 120 valence electrons. The maximum atomic E-state index is 12.5. The number of fused-ring (bicyclic) bond motifs is 1. The van der Waals surface area contributed by atoms with E-state index in [0.29, 0.717) is 18.7 Å². The number of aromatic nitrogens is 1. The fraction of sp³-hybridized carbons (Fsp3) is 0.333. The number of amides is 2. The number of carbonyl (C=O) groups excluding carboxylic acids is 3. The van der Waals surface area contributed by atoms with Gasteiger partial charge in [-0.3, -0.25) is 14.4 Å². The summed E-state index contributed by atoms with van der Waals surface area (Å²) in [5.41, 5.74) is 3.12. The Bertz CT molecular complexity index is 773. The van der Waals surface area contributed by atoms with Gasteiger partial charge in [-0.2, -0.15) is 0 Å². The first kappa shape index (κ1) is 15.4. The molecule has 1 aromatic carbocycles. The quantitative estimate of drug-likeness (QED) is 0.775. The van der Waals surface area contributed by atoms with E-state index in [1.807, 2.05) is 0 Å². The van der Waals surface area contributed by atoms with Gasteiger partial charge in [0.1, 0.15) is 13.1 Å². The molecule has 2 aromatic rings. The van der Waals surface area contributed by atoms with Gasteiger partial charge in [0, 0.05) is 18.7 Å². The molecule has 0 saturated carbocycles. The highest BCUT2D eigenvalue weighted by molar-refractivity contribution is 7.16. The van der Waals surface area contributed by atoms with Crippen LogP contribution in [-0.2, 0) is 14.3 Å². The summed E-state index contributed by atoms with van der Waals surface area (Å²) in [5.74, 6) is -0.908. The molecule has 3 rings (SSSR count). The average Bonchev–Trinajstić information content (AvgIpc) is 3.03. The molecule has 1 fully saturated rings. The first-order valence-electron chi connectivity index (χ1n) is 7.05. The molecule has 7 nitrogen and oxygen atoms in total. The zero-order valence-corrected chi connectivity index (χ0v) is 13.3. The van der Waals surface area contributed by atoms with Crippen LogP contribution in [0, 0.1) is 0 Å². The lowest BCUT2D eigenvalue weighted by Crippen LogP contribution is -2.53. The Labute approximate surface area is 136 Å². The highest BCUT2D eigenvalue weighted by Crippen LogP contribution is 2.20. The van der Waals surface area contributed by atoms with Crippen LogP contribution in [0.2, 0.25) is 0 Å². The number of hydrogen-bond donors (Lipinski definition) is 0. The van der Waals surface area contributed by atoms with Crippen molar-refractivity contribution >= 4 is 39.3 Å². The second-order valence-electron chi connectivity index (χ2n) is 5.15. The van der Waals surface area contributed by atoms with Crippen LogP contribution in [0.5, 0.6) is 0 Å². The summed E-state index contributed by atoms with van der Waals surface area (Å²) < 4.78 is 5.50. The second kappa shape index (κ2) is 6.33. The van der Waals surface area contributed by atoms with Crippen molar-refractivity contribution in [3.05, 3.63) is 29.3 Å². The Hall–Kier alpha value is -2.48. The van der Waals surface area contributed by atoms with Crippen LogP contribution in [0.15, 0.2) is 23.7 Å². The van der Waals surface area contributed by atoms with Crippen molar-refractivity contribution in [3.63, 3.8) is 0 Å². The molecule has 0 bridgehead atoms. The van der Waals surface area contributed by atoms with Gasteiger partial charge in [0.25, 0.3) is 5.91 Å². The van der Waals surface area contributed by atoms with Crippen molar-refractivity contribution in [3.8, 4) is 0 Å². The van der Waals surface area contributed by atoms with Crippen molar-refractivity contribution in [1.82, 2.24) is 14.8 Å². The molecule has 0 spiro atoms. The molecule has 8 heteroatoms. The first-order valence-corrected chi connectivity index (χ1v) is 7.93. The van der Waals surface area contributed by atoms with Crippen LogP contribution in [0.3, 0.4) is 0 Å². The number of hydrogen-bond acceptors (Lipinski definition) is 6. The summed E-state index contributed by atoms with van der Waals surface area (Å²) in [6, 6.07) is 5.31. The number of ether oxygens (including phenoxy) is 1. The van der Waals surface area contributed by atoms with Crippen LogP contribution in [0.1, 0.15) is 10.4 Å². The van der Waals surface area contributed by atoms with E-state index in [1.165, 1.54) is 28.2 Å². The van der Waals surface area contributed by atoms with Gasteiger partial charge in [-0.05, 0) is 18.2 Å². The minimum absolute atomic E-state index is 0.0312. The number of piperazine rings is 1. The lowest BCUT2D eigenvalue weighted by atomic mass is 10.1. The molecule has 1 saturated heterocycles. The third-order valence-electron chi connectivity index (χ3n) is 3.73. The Kier molecular flexibility index (Phi) is 4.24. The van der Waals surface area contributed by atoms with E-state index < -0.39 is 5.97 Å². The standard InChI is InChI=1S/C15H15N3O4S/c1-22-14(20)8-17-4-5-18(7-13(17)19)15(21)10-2-3-11-12(6-10)23-9-16-11/h2-3,6,9H,4-5,7-8H2,1H3. The molecule has 1 aliphatic rings. The van der Waals surface area contributed by atoms with Gasteiger partial charge in [0.2, 0.25) is 5.91 Å². The number of carbonyl (C=O) groups is 3. The van der Waals surface area contributed by atoms with Gasteiger partial charge < -0.3 is 14.5 Å². The smallest absolute Gasteiger partial charge is 0.325 e. The molecule has 1 aromatic heterocycles. The minimum Gasteiger partial charge on any atom is -0.468 e. The predicted octanol–water partition coefficient (Wildman–Crippen LogP) is 0.754. The van der Waals surface area contributed by atoms with E-state index in [-0.39, 0.29) is 24.9 Å². The van der Waals surface area contributed by atoms with Crippen molar-refractivity contribution in [2.75, 3.05) is 33.3 Å². The average molecular weight is 333 g/mol. The minimum atomic E-state index is -0.464. The van der Waals surface area contributed by atoms with E-state index in [4.69, 9.17) is 0 Å². The topological polar surface area (TPSA) is 79.8 Å². The van der Waals surface area contributed by atoms with E-state index in [0.717, 1.165) is 10.2 Å². The third-order valence-corrected chi connectivity index (χ3v) is 4.52. The van der Waals surface area contributed by atoms with Gasteiger partial charge in [-0.25, -0.2) is 4.98 Å². The molecular formula is C15H15N3O4S. The van der Waals surface area contributed by atoms with E-state index in [9.17, 15) is 14.4 Å². The Morgan fingerprint density at radius 3 is 2.91 bits per heavy atom. The molecule has 2 heterocycles. The van der Waals surface area contributed by atoms with E-state index >= 15 is 0 Å². The van der Waals surface area contributed by atoms with Gasteiger partial charge >= 0.3 is 5.97 Å². The molecule has 2 amide bonds. The fourth-order valence-electron chi connectivity index (χ4n) is 2.44. The van der Waals surface area contributed by atoms with Crippen molar-refractivity contribution in [2.45, 2.75) is 0 Å². The number of rotatable bonds is 3. The number of thiazole rings is 1. The summed E-state index contributed by atoms with van der Waals surface area (Å²) in [6.45, 7) is 0.603. The maximum Gasteiger partial charge on any atom is 0.325 e. The summed E-state index contributed by atoms with van der Waals surface area (Å²) in [4.78, 5) is 43.0. The normalized spacial score (nSPS) is 15.1. The lowest BCUT2D eigenvalue weighted by molar-refractivity contribution is -0.148. The zero-order valence-electron chi connectivity index (χ0n) is 12.5. The number of esters is 1. The third kappa shape index (κ3) is 3.16. The SMILES string of the molecule is COC(=O)CN1CCN(C(=O)c2ccc3ncsc3c2)CC1=O. The maximum absolute atomic E-state index is 12.5. The van der Waals surface area contributed by atoms with Gasteiger partial charge in [-0.1, -0.05) is 0 Å². The summed E-state index contributed by atoms with van der Waals surface area (Å²) in [7, 11) is 1.28. The highest BCUT2D eigenvalue weighted by atomic mass is 32.1. The first-order chi connectivity index (χ1) is 11.1. The number of benzene rings is 1. The molecule has 0 N–H and O–H groups in total. The van der Waals surface area contributed by atoms with Crippen LogP contribution >= 0.6 is 11.3 Å². The molecule has 1 aliphatic heterocycles. The second-order valence-corrected chi connectivity index (χ2v) is 6.04. The Balaban J connectivity index is 1.69. The van der Waals surface area contributed by atoms with Gasteiger partial charge in [-0.15, -0.1) is 11.3 Å². The summed E-state index contributed by atoms with van der Waals surface area (Å²) in [5, 5.41) is 0. The molecule has 23 heavy (non-hydrogen) atoms. The van der Waals surface area contributed by atoms with Gasteiger partial charge in [0.15, 0.2) is 0 Å². The van der Waals surface area contributed by atoms with Crippen molar-refractivity contribution in [1.29, 1.82) is 0 Å². The summed E-state index contributed by atoms with van der Waals surface area (Å²) in [6.07, 6.45) is 0. The number of methoxy groups -OCH3 is 1. The Morgan fingerprint density at radius 1 is 1.35 bits per heavy atom. The van der Waals surface area contributed by atoms with Gasteiger partial charge in [0.05, 0.1) is 22.8 Å². The van der Waals surface area contributed by atoms with Crippen LogP contribution in [0.4, 0.5) is 0 Å². The molecule has 0 aliphatic carbocycles. The van der Waals surface area contributed by atoms with Crippen molar-refractivity contribution < 1.29 is 19.1 Å². The monoisotopic (exact) mass is 333 g/mol. The predicted molar refractivity (Wildman–Crippen MR) is 84.1 cm³/mol. The Morgan fingerprint density at radius 2 is 2.17 bits per heavy atom. The number of nitrogens with zero attached hydrogens (tertiary/aromatic N) is 3. The highest BCUT2D eigenvalue weighted by Gasteiger charge is 2.29. The molecule has 0 unspecified atom stereocenters. The largest absolute Gasteiger partial charge is 0.468 e. The summed E-state index contributed by atoms with van der Waals surface area (Å²) >= 11 is 1.47. The fourth-order valence-corrected chi connectivity index (χ4v) is 3.16. The van der Waals surface area contributed by atoms with Crippen LogP contribution in [0.25, 0.3) is 10.2 Å². The molecule has 0 radical (unpaired) electrons. The van der Waals surface area contributed by atoms with E-state index in [1.54, 1.807) is 23.7 Å². The van der Waals surface area contributed by atoms with E-state index in [2.05, 4.69) is 9.72 Å². The molecular weight excluding hydrogens is 318 g/mol.